The van der Waals surface area contributed by atoms with Crippen LogP contribution in [0.5, 0.6) is 0 Å². The van der Waals surface area contributed by atoms with Crippen LogP contribution in [0.25, 0.3) is 0 Å². The molecule has 0 aromatic heterocycles. The van der Waals surface area contributed by atoms with Gasteiger partial charge < -0.3 is 5.32 Å². The van der Waals surface area contributed by atoms with Gasteiger partial charge in [0.15, 0.2) is 0 Å². The molecule has 1 aromatic rings. The molecule has 0 amide bonds. The fourth-order valence-electron chi connectivity index (χ4n) is 2.55. The third kappa shape index (κ3) is 3.64. The predicted octanol–water partition coefficient (Wildman–Crippen LogP) is 3.60. The van der Waals surface area contributed by atoms with E-state index in [-0.39, 0.29) is 0 Å². The Morgan fingerprint density at radius 2 is 1.75 bits per heavy atom. The van der Waals surface area contributed by atoms with Crippen molar-refractivity contribution in [3.8, 4) is 0 Å². The van der Waals surface area contributed by atoms with Crippen LogP contribution >= 0.6 is 0 Å². The van der Waals surface area contributed by atoms with Crippen molar-refractivity contribution in [2.75, 3.05) is 6.54 Å². The number of hydrogen-bond acceptors (Lipinski definition) is 1. The molecule has 1 N–H and O–H groups in total. The first kappa shape index (κ1) is 11.7. The minimum absolute atomic E-state index is 0.917. The van der Waals surface area contributed by atoms with E-state index in [1.165, 1.54) is 37.8 Å². The van der Waals surface area contributed by atoms with Crippen LogP contribution in [0.3, 0.4) is 0 Å². The van der Waals surface area contributed by atoms with Gasteiger partial charge in [-0.1, -0.05) is 50.1 Å². The van der Waals surface area contributed by atoms with Gasteiger partial charge in [-0.25, -0.2) is 0 Å². The van der Waals surface area contributed by atoms with E-state index in [1.807, 2.05) is 0 Å². The molecule has 0 heterocycles. The van der Waals surface area contributed by atoms with Gasteiger partial charge in [0.1, 0.15) is 0 Å². The summed E-state index contributed by atoms with van der Waals surface area (Å²) in [5, 5.41) is 3.59. The van der Waals surface area contributed by atoms with Crippen molar-refractivity contribution in [3.05, 3.63) is 35.9 Å². The summed E-state index contributed by atoms with van der Waals surface area (Å²) in [6, 6.07) is 10.7. The van der Waals surface area contributed by atoms with Crippen molar-refractivity contribution in [2.45, 2.75) is 39.2 Å². The van der Waals surface area contributed by atoms with Crippen molar-refractivity contribution in [2.24, 2.45) is 11.8 Å². The number of hydrogen-bond donors (Lipinski definition) is 1. The summed E-state index contributed by atoms with van der Waals surface area (Å²) in [4.78, 5) is 0. The molecule has 0 saturated heterocycles. The van der Waals surface area contributed by atoms with Crippen molar-refractivity contribution >= 4 is 0 Å². The van der Waals surface area contributed by atoms with E-state index in [9.17, 15) is 0 Å². The summed E-state index contributed by atoms with van der Waals surface area (Å²) in [7, 11) is 0. The summed E-state index contributed by atoms with van der Waals surface area (Å²) < 4.78 is 0. The minimum Gasteiger partial charge on any atom is -0.312 e. The SMILES string of the molecule is CC1CCC(CNCc2ccccc2)CC1. The maximum atomic E-state index is 3.59. The molecule has 2 rings (SSSR count). The molecular formula is C15H23N. The summed E-state index contributed by atoms with van der Waals surface area (Å²) >= 11 is 0. The summed E-state index contributed by atoms with van der Waals surface area (Å²) in [6.07, 6.45) is 5.70. The Balaban J connectivity index is 1.65. The highest BCUT2D eigenvalue weighted by atomic mass is 14.9. The van der Waals surface area contributed by atoms with Crippen LogP contribution < -0.4 is 5.32 Å². The van der Waals surface area contributed by atoms with Crippen molar-refractivity contribution < 1.29 is 0 Å². The maximum Gasteiger partial charge on any atom is 0.0205 e. The van der Waals surface area contributed by atoms with Gasteiger partial charge in [-0.3, -0.25) is 0 Å². The Morgan fingerprint density at radius 1 is 1.06 bits per heavy atom. The first-order chi connectivity index (χ1) is 7.84. The van der Waals surface area contributed by atoms with Crippen LogP contribution in [0.15, 0.2) is 30.3 Å². The normalized spacial score (nSPS) is 25.6. The molecule has 88 valence electrons. The number of nitrogens with one attached hydrogen (secondary N) is 1. The molecule has 1 aromatic carbocycles. The van der Waals surface area contributed by atoms with E-state index in [2.05, 4.69) is 42.6 Å². The molecule has 1 aliphatic carbocycles. The largest absolute Gasteiger partial charge is 0.312 e. The Hall–Kier alpha value is -0.820. The monoisotopic (exact) mass is 217 g/mol. The first-order valence-electron chi connectivity index (χ1n) is 6.59. The van der Waals surface area contributed by atoms with Crippen LogP contribution in [0, 0.1) is 11.8 Å². The van der Waals surface area contributed by atoms with Crippen LogP contribution in [0.1, 0.15) is 38.2 Å². The first-order valence-corrected chi connectivity index (χ1v) is 6.59. The molecule has 1 heteroatoms. The van der Waals surface area contributed by atoms with Gasteiger partial charge in [0.25, 0.3) is 0 Å². The Bertz CT molecular complexity index is 286. The molecule has 0 bridgehead atoms. The zero-order valence-corrected chi connectivity index (χ0v) is 10.3. The molecule has 1 saturated carbocycles. The van der Waals surface area contributed by atoms with Crippen LogP contribution in [-0.4, -0.2) is 6.54 Å². The quantitative estimate of drug-likeness (QED) is 0.812. The molecule has 0 atom stereocenters. The van der Waals surface area contributed by atoms with E-state index in [1.54, 1.807) is 0 Å². The molecule has 1 fully saturated rings. The fraction of sp³-hybridized carbons (Fsp3) is 0.600. The lowest BCUT2D eigenvalue weighted by Crippen LogP contribution is -2.25. The van der Waals surface area contributed by atoms with E-state index in [0.717, 1.165) is 18.4 Å². The molecule has 1 aliphatic rings. The lowest BCUT2D eigenvalue weighted by atomic mass is 9.83. The van der Waals surface area contributed by atoms with Crippen molar-refractivity contribution in [3.63, 3.8) is 0 Å². The third-order valence-corrected chi connectivity index (χ3v) is 3.74. The molecule has 0 aliphatic heterocycles. The molecule has 1 nitrogen and oxygen atoms in total. The van der Waals surface area contributed by atoms with Gasteiger partial charge in [0, 0.05) is 6.54 Å². The Morgan fingerprint density at radius 3 is 2.44 bits per heavy atom. The van der Waals surface area contributed by atoms with Crippen LogP contribution in [0.4, 0.5) is 0 Å². The third-order valence-electron chi connectivity index (χ3n) is 3.74. The average molecular weight is 217 g/mol. The Kier molecular flexibility index (Phi) is 4.41. The Labute approximate surface area is 99.3 Å². The second-order valence-electron chi connectivity index (χ2n) is 5.24. The predicted molar refractivity (Wildman–Crippen MR) is 69.3 cm³/mol. The summed E-state index contributed by atoms with van der Waals surface area (Å²) in [5.41, 5.74) is 1.40. The second kappa shape index (κ2) is 6.05. The number of rotatable bonds is 4. The van der Waals surface area contributed by atoms with E-state index in [4.69, 9.17) is 0 Å². The van der Waals surface area contributed by atoms with Gasteiger partial charge >= 0.3 is 0 Å². The van der Waals surface area contributed by atoms with Gasteiger partial charge in [0.05, 0.1) is 0 Å². The zero-order valence-electron chi connectivity index (χ0n) is 10.3. The molecule has 0 unspecified atom stereocenters. The number of benzene rings is 1. The van der Waals surface area contributed by atoms with Crippen molar-refractivity contribution in [1.82, 2.24) is 5.32 Å². The van der Waals surface area contributed by atoms with Crippen LogP contribution in [-0.2, 0) is 6.54 Å². The molecule has 0 spiro atoms. The topological polar surface area (TPSA) is 12.0 Å². The van der Waals surface area contributed by atoms with Gasteiger partial charge in [-0.05, 0) is 36.8 Å². The summed E-state index contributed by atoms with van der Waals surface area (Å²) in [6.45, 7) is 4.60. The minimum atomic E-state index is 0.917. The molecule has 16 heavy (non-hydrogen) atoms. The van der Waals surface area contributed by atoms with E-state index in [0.29, 0.717) is 0 Å². The zero-order chi connectivity index (χ0) is 11.2. The highest BCUT2D eigenvalue weighted by Gasteiger charge is 2.17. The maximum absolute atomic E-state index is 3.59. The summed E-state index contributed by atoms with van der Waals surface area (Å²) in [5.74, 6) is 1.88. The van der Waals surface area contributed by atoms with Gasteiger partial charge in [-0.15, -0.1) is 0 Å². The van der Waals surface area contributed by atoms with Gasteiger partial charge in [0.2, 0.25) is 0 Å². The average Bonchev–Trinajstić information content (AvgIpc) is 2.33. The smallest absolute Gasteiger partial charge is 0.0205 e. The van der Waals surface area contributed by atoms with E-state index >= 15 is 0 Å². The lowest BCUT2D eigenvalue weighted by Gasteiger charge is -2.26. The second-order valence-corrected chi connectivity index (χ2v) is 5.24. The molecule has 0 radical (unpaired) electrons. The van der Waals surface area contributed by atoms with Gasteiger partial charge in [-0.2, -0.15) is 0 Å². The highest BCUT2D eigenvalue weighted by molar-refractivity contribution is 5.14. The molecular weight excluding hydrogens is 194 g/mol. The lowest BCUT2D eigenvalue weighted by molar-refractivity contribution is 0.281. The van der Waals surface area contributed by atoms with Crippen molar-refractivity contribution in [1.29, 1.82) is 0 Å². The fourth-order valence-corrected chi connectivity index (χ4v) is 2.55. The highest BCUT2D eigenvalue weighted by Crippen LogP contribution is 2.27. The van der Waals surface area contributed by atoms with Crippen LogP contribution in [0.2, 0.25) is 0 Å². The van der Waals surface area contributed by atoms with E-state index < -0.39 is 0 Å². The standard InChI is InChI=1S/C15H23N/c1-13-7-9-15(10-8-13)12-16-11-14-5-3-2-4-6-14/h2-6,13,15-16H,7-12H2,1H3.